The molecule has 0 spiro atoms. The summed E-state index contributed by atoms with van der Waals surface area (Å²) >= 11 is 1.27. The van der Waals surface area contributed by atoms with Crippen molar-refractivity contribution in [3.63, 3.8) is 0 Å². The number of anilines is 1. The molecule has 8 heteroatoms. The Labute approximate surface area is 163 Å². The average molecular weight is 392 g/mol. The molecule has 0 atom stereocenters. The molecule has 2 heterocycles. The number of hydrogen-bond acceptors (Lipinski definition) is 6. The number of thioether (sulfide) groups is 1. The standard InChI is InChI=1S/C20H12N2O5S/c23-19-15-4-1-2-6-17(15)28-18(19)12-21(20(24)16-5-3-11-27-16)13-7-9-14(10-8-13)22(25)26/h1-12H/b18-12-. The fraction of sp³-hybridized carbons (Fsp3) is 0. The molecular weight excluding hydrogens is 380 g/mol. The van der Waals surface area contributed by atoms with Crippen molar-refractivity contribution in [3.05, 3.63) is 99.5 Å². The minimum absolute atomic E-state index is 0.0863. The molecule has 28 heavy (non-hydrogen) atoms. The van der Waals surface area contributed by atoms with E-state index in [1.165, 1.54) is 59.5 Å². The molecule has 0 saturated heterocycles. The van der Waals surface area contributed by atoms with Gasteiger partial charge in [0.25, 0.3) is 11.6 Å². The van der Waals surface area contributed by atoms with Crippen LogP contribution in [0.5, 0.6) is 0 Å². The molecule has 1 aliphatic rings. The van der Waals surface area contributed by atoms with Crippen molar-refractivity contribution in [2.75, 3.05) is 4.90 Å². The van der Waals surface area contributed by atoms with Crippen LogP contribution in [0.1, 0.15) is 20.9 Å². The van der Waals surface area contributed by atoms with Gasteiger partial charge in [-0.25, -0.2) is 0 Å². The van der Waals surface area contributed by atoms with Gasteiger partial charge in [0, 0.05) is 34.5 Å². The zero-order valence-corrected chi connectivity index (χ0v) is 15.1. The number of ketones is 1. The van der Waals surface area contributed by atoms with Gasteiger partial charge in [0.15, 0.2) is 5.76 Å². The number of rotatable bonds is 4. The minimum Gasteiger partial charge on any atom is -0.459 e. The Morgan fingerprint density at radius 3 is 2.46 bits per heavy atom. The summed E-state index contributed by atoms with van der Waals surface area (Å²) < 4.78 is 5.19. The Morgan fingerprint density at radius 1 is 1.07 bits per heavy atom. The lowest BCUT2D eigenvalue weighted by Crippen LogP contribution is -2.25. The van der Waals surface area contributed by atoms with Gasteiger partial charge < -0.3 is 4.42 Å². The topological polar surface area (TPSA) is 93.7 Å². The van der Waals surface area contributed by atoms with Gasteiger partial charge in [-0.1, -0.05) is 23.9 Å². The molecule has 0 saturated carbocycles. The number of furan rings is 1. The predicted molar refractivity (Wildman–Crippen MR) is 103 cm³/mol. The Hall–Kier alpha value is -3.65. The lowest BCUT2D eigenvalue weighted by atomic mass is 10.1. The Balaban J connectivity index is 1.75. The number of carbonyl (C=O) groups is 2. The van der Waals surface area contributed by atoms with E-state index in [-0.39, 0.29) is 17.2 Å². The number of benzene rings is 2. The van der Waals surface area contributed by atoms with Gasteiger partial charge in [-0.2, -0.15) is 0 Å². The van der Waals surface area contributed by atoms with E-state index < -0.39 is 10.8 Å². The average Bonchev–Trinajstić information content (AvgIpc) is 3.35. The maximum absolute atomic E-state index is 12.9. The highest BCUT2D eigenvalue weighted by molar-refractivity contribution is 8.04. The SMILES string of the molecule is O=C1/C(=C/N(C(=O)c2ccco2)c2ccc([N+](=O)[O-])cc2)Sc2ccccc21. The summed E-state index contributed by atoms with van der Waals surface area (Å²) in [5, 5.41) is 10.9. The first kappa shape index (κ1) is 17.7. The predicted octanol–water partition coefficient (Wildman–Crippen LogP) is 4.66. The second-order valence-corrected chi connectivity index (χ2v) is 6.93. The number of nitro groups is 1. The number of fused-ring (bicyclic) bond motifs is 1. The van der Waals surface area contributed by atoms with Crippen molar-refractivity contribution in [2.45, 2.75) is 4.90 Å². The molecule has 0 radical (unpaired) electrons. The summed E-state index contributed by atoms with van der Waals surface area (Å²) in [6, 6.07) is 15.8. The molecule has 0 N–H and O–H groups in total. The third-order valence-electron chi connectivity index (χ3n) is 4.11. The molecule has 138 valence electrons. The number of allylic oxidation sites excluding steroid dienone is 1. The van der Waals surface area contributed by atoms with Crippen LogP contribution in [0.3, 0.4) is 0 Å². The van der Waals surface area contributed by atoms with Crippen LogP contribution >= 0.6 is 11.8 Å². The maximum Gasteiger partial charge on any atom is 0.298 e. The van der Waals surface area contributed by atoms with Crippen molar-refractivity contribution in [1.29, 1.82) is 0 Å². The highest BCUT2D eigenvalue weighted by Gasteiger charge is 2.28. The molecule has 4 rings (SSSR count). The molecular formula is C20H12N2O5S. The molecule has 2 aromatic carbocycles. The maximum atomic E-state index is 12.9. The van der Waals surface area contributed by atoms with E-state index in [4.69, 9.17) is 4.42 Å². The fourth-order valence-electron chi connectivity index (χ4n) is 2.75. The Bertz CT molecular complexity index is 1100. The van der Waals surface area contributed by atoms with Gasteiger partial charge in [-0.05, 0) is 36.4 Å². The van der Waals surface area contributed by atoms with Crippen LogP contribution in [0.2, 0.25) is 0 Å². The van der Waals surface area contributed by atoms with Crippen LogP contribution in [0, 0.1) is 10.1 Å². The van der Waals surface area contributed by atoms with E-state index in [1.54, 1.807) is 18.2 Å². The van der Waals surface area contributed by atoms with Crippen LogP contribution in [-0.2, 0) is 0 Å². The number of nitro benzene ring substituents is 1. The third-order valence-corrected chi connectivity index (χ3v) is 5.20. The van der Waals surface area contributed by atoms with Gasteiger partial charge in [0.05, 0.1) is 16.1 Å². The summed E-state index contributed by atoms with van der Waals surface area (Å²) in [6.07, 6.45) is 2.82. The summed E-state index contributed by atoms with van der Waals surface area (Å²) in [4.78, 5) is 38.4. The Morgan fingerprint density at radius 2 is 1.82 bits per heavy atom. The number of Topliss-reactive ketones (excluding diaryl/α,β-unsaturated/α-hetero) is 1. The largest absolute Gasteiger partial charge is 0.459 e. The molecule has 0 bridgehead atoms. The lowest BCUT2D eigenvalue weighted by molar-refractivity contribution is -0.384. The number of amides is 1. The van der Waals surface area contributed by atoms with Crippen molar-refractivity contribution >= 4 is 34.8 Å². The summed E-state index contributed by atoms with van der Waals surface area (Å²) in [5.74, 6) is -0.585. The van der Waals surface area contributed by atoms with Gasteiger partial charge >= 0.3 is 0 Å². The summed E-state index contributed by atoms with van der Waals surface area (Å²) in [5.41, 5.74) is 0.859. The van der Waals surface area contributed by atoms with E-state index in [1.807, 2.05) is 12.1 Å². The second-order valence-electron chi connectivity index (χ2n) is 5.85. The molecule has 1 amide bonds. The Kier molecular flexibility index (Phi) is 4.54. The van der Waals surface area contributed by atoms with E-state index in [0.29, 0.717) is 16.2 Å². The first-order valence-electron chi connectivity index (χ1n) is 8.19. The molecule has 0 aliphatic carbocycles. The number of nitrogens with zero attached hydrogens (tertiary/aromatic N) is 2. The fourth-order valence-corrected chi connectivity index (χ4v) is 3.76. The number of carbonyl (C=O) groups excluding carboxylic acids is 2. The van der Waals surface area contributed by atoms with E-state index in [0.717, 1.165) is 4.90 Å². The quantitative estimate of drug-likeness (QED) is 0.364. The van der Waals surface area contributed by atoms with Crippen LogP contribution in [0.4, 0.5) is 11.4 Å². The van der Waals surface area contributed by atoms with Crippen molar-refractivity contribution in [2.24, 2.45) is 0 Å². The van der Waals surface area contributed by atoms with Gasteiger partial charge in [0.2, 0.25) is 5.78 Å². The minimum atomic E-state index is -0.520. The molecule has 0 fully saturated rings. The lowest BCUT2D eigenvalue weighted by Gasteiger charge is -2.18. The molecule has 7 nitrogen and oxygen atoms in total. The summed E-state index contributed by atoms with van der Waals surface area (Å²) in [7, 11) is 0. The van der Waals surface area contributed by atoms with Crippen LogP contribution in [0.25, 0.3) is 0 Å². The van der Waals surface area contributed by atoms with Crippen LogP contribution in [0.15, 0.2) is 87.3 Å². The second kappa shape index (κ2) is 7.16. The zero-order chi connectivity index (χ0) is 19.7. The molecule has 1 aliphatic heterocycles. The van der Waals surface area contributed by atoms with Gasteiger partial charge in [0.1, 0.15) is 0 Å². The third kappa shape index (κ3) is 3.21. The summed E-state index contributed by atoms with van der Waals surface area (Å²) in [6.45, 7) is 0. The van der Waals surface area contributed by atoms with Crippen molar-refractivity contribution in [3.8, 4) is 0 Å². The smallest absolute Gasteiger partial charge is 0.298 e. The molecule has 0 unspecified atom stereocenters. The highest BCUT2D eigenvalue weighted by Crippen LogP contribution is 2.40. The first-order valence-corrected chi connectivity index (χ1v) is 9.01. The highest BCUT2D eigenvalue weighted by atomic mass is 32.2. The van der Waals surface area contributed by atoms with Gasteiger partial charge in [-0.15, -0.1) is 0 Å². The van der Waals surface area contributed by atoms with Crippen molar-refractivity contribution in [1.82, 2.24) is 0 Å². The normalized spacial score (nSPS) is 14.1. The molecule has 1 aromatic heterocycles. The number of hydrogen-bond donors (Lipinski definition) is 0. The van der Waals surface area contributed by atoms with E-state index in [2.05, 4.69) is 0 Å². The number of non-ortho nitro benzene ring substituents is 1. The van der Waals surface area contributed by atoms with E-state index in [9.17, 15) is 19.7 Å². The van der Waals surface area contributed by atoms with Crippen LogP contribution in [-0.4, -0.2) is 16.6 Å². The molecule has 3 aromatic rings. The van der Waals surface area contributed by atoms with E-state index >= 15 is 0 Å². The van der Waals surface area contributed by atoms with Gasteiger partial charge in [-0.3, -0.25) is 24.6 Å². The monoisotopic (exact) mass is 392 g/mol. The first-order chi connectivity index (χ1) is 13.5. The zero-order valence-electron chi connectivity index (χ0n) is 14.3. The van der Waals surface area contributed by atoms with Crippen molar-refractivity contribution < 1.29 is 18.9 Å². The van der Waals surface area contributed by atoms with Crippen LogP contribution < -0.4 is 4.90 Å².